The van der Waals surface area contributed by atoms with E-state index in [2.05, 4.69) is 5.32 Å². The fourth-order valence-corrected chi connectivity index (χ4v) is 6.43. The van der Waals surface area contributed by atoms with Gasteiger partial charge in [-0.1, -0.05) is 12.1 Å². The first-order chi connectivity index (χ1) is 16.8. The van der Waals surface area contributed by atoms with Gasteiger partial charge in [-0.15, -0.1) is 0 Å². The van der Waals surface area contributed by atoms with Gasteiger partial charge < -0.3 is 15.0 Å². The minimum Gasteiger partial charge on any atom is -0.497 e. The highest BCUT2D eigenvalue weighted by molar-refractivity contribution is 7.89. The summed E-state index contributed by atoms with van der Waals surface area (Å²) in [4.78, 5) is 27.8. The summed E-state index contributed by atoms with van der Waals surface area (Å²) in [6.07, 6.45) is 0.870. The molecule has 3 aromatic carbocycles. The number of ether oxygens (including phenoxy) is 1. The van der Waals surface area contributed by atoms with Crippen LogP contribution in [0.2, 0.25) is 0 Å². The number of amides is 2. The second-order valence-corrected chi connectivity index (χ2v) is 10.7. The van der Waals surface area contributed by atoms with Crippen molar-refractivity contribution in [3.05, 3.63) is 60.2 Å². The molecule has 0 unspecified atom stereocenters. The van der Waals surface area contributed by atoms with Crippen molar-refractivity contribution in [1.29, 1.82) is 0 Å². The SMILES string of the molecule is CCN1C(=O)c2cccc3c(NC(=O)C4CCN(S(=O)(=O)c5ccc(OC)cc5)CC4)ccc1c23. The lowest BCUT2D eigenvalue weighted by molar-refractivity contribution is -0.120. The van der Waals surface area contributed by atoms with E-state index in [0.717, 1.165) is 16.5 Å². The van der Waals surface area contributed by atoms with Crippen molar-refractivity contribution >= 4 is 44.0 Å². The van der Waals surface area contributed by atoms with Crippen LogP contribution in [0.3, 0.4) is 0 Å². The van der Waals surface area contributed by atoms with E-state index in [9.17, 15) is 18.0 Å². The van der Waals surface area contributed by atoms with Crippen molar-refractivity contribution in [3.8, 4) is 5.75 Å². The molecule has 2 aliphatic heterocycles. The zero-order chi connectivity index (χ0) is 24.7. The summed E-state index contributed by atoms with van der Waals surface area (Å²) < 4.78 is 32.5. The normalized spacial score (nSPS) is 16.6. The maximum Gasteiger partial charge on any atom is 0.258 e. The molecule has 2 amide bonds. The van der Waals surface area contributed by atoms with E-state index in [4.69, 9.17) is 4.74 Å². The summed E-state index contributed by atoms with van der Waals surface area (Å²) in [7, 11) is -2.10. The Morgan fingerprint density at radius 2 is 1.77 bits per heavy atom. The van der Waals surface area contributed by atoms with Crippen molar-refractivity contribution in [2.75, 3.05) is 37.0 Å². The number of carbonyl (C=O) groups is 2. The van der Waals surface area contributed by atoms with Crippen molar-refractivity contribution < 1.29 is 22.7 Å². The number of anilines is 2. The number of nitrogens with zero attached hydrogens (tertiary/aromatic N) is 2. The average molecular weight is 494 g/mol. The minimum atomic E-state index is -3.63. The molecule has 0 spiro atoms. The third-order valence-electron chi connectivity index (χ3n) is 6.88. The molecule has 35 heavy (non-hydrogen) atoms. The zero-order valence-electron chi connectivity index (χ0n) is 19.7. The quantitative estimate of drug-likeness (QED) is 0.563. The number of carbonyl (C=O) groups excluding carboxylic acids is 2. The molecule has 5 rings (SSSR count). The van der Waals surface area contributed by atoms with Gasteiger partial charge in [0.05, 0.1) is 17.7 Å². The molecule has 182 valence electrons. The molecular weight excluding hydrogens is 466 g/mol. The Labute approximate surface area is 204 Å². The fraction of sp³-hybridized carbons (Fsp3) is 0.308. The van der Waals surface area contributed by atoms with E-state index in [1.807, 2.05) is 37.3 Å². The van der Waals surface area contributed by atoms with Gasteiger partial charge in [-0.05, 0) is 62.2 Å². The van der Waals surface area contributed by atoms with Crippen LogP contribution in [0.25, 0.3) is 10.8 Å². The van der Waals surface area contributed by atoms with Crippen molar-refractivity contribution in [3.63, 3.8) is 0 Å². The lowest BCUT2D eigenvalue weighted by Gasteiger charge is -2.30. The topological polar surface area (TPSA) is 96.0 Å². The van der Waals surface area contributed by atoms with Gasteiger partial charge in [0.25, 0.3) is 5.91 Å². The molecule has 2 heterocycles. The van der Waals surface area contributed by atoms with Crippen LogP contribution >= 0.6 is 0 Å². The third kappa shape index (κ3) is 3.94. The van der Waals surface area contributed by atoms with Gasteiger partial charge in [-0.25, -0.2) is 8.42 Å². The molecule has 0 atom stereocenters. The first-order valence-corrected chi connectivity index (χ1v) is 13.1. The number of hydrogen-bond donors (Lipinski definition) is 1. The molecule has 0 saturated carbocycles. The third-order valence-corrected chi connectivity index (χ3v) is 8.79. The van der Waals surface area contributed by atoms with Crippen molar-refractivity contribution in [2.24, 2.45) is 5.92 Å². The maximum atomic E-state index is 13.1. The Kier molecular flexibility index (Phi) is 5.98. The van der Waals surface area contributed by atoms with Crippen LogP contribution in [0.1, 0.15) is 30.1 Å². The Morgan fingerprint density at radius 3 is 2.43 bits per heavy atom. The molecule has 0 aromatic heterocycles. The van der Waals surface area contributed by atoms with Crippen molar-refractivity contribution in [1.82, 2.24) is 4.31 Å². The van der Waals surface area contributed by atoms with Crippen LogP contribution in [0, 0.1) is 5.92 Å². The number of hydrogen-bond acceptors (Lipinski definition) is 5. The van der Waals surface area contributed by atoms with Gasteiger partial charge >= 0.3 is 0 Å². The van der Waals surface area contributed by atoms with E-state index in [-0.39, 0.29) is 35.7 Å². The molecule has 1 saturated heterocycles. The second kappa shape index (κ2) is 8.98. The number of benzene rings is 3. The monoisotopic (exact) mass is 493 g/mol. The van der Waals surface area contributed by atoms with E-state index in [0.29, 0.717) is 36.4 Å². The van der Waals surface area contributed by atoms with Gasteiger partial charge in [-0.2, -0.15) is 4.31 Å². The highest BCUT2D eigenvalue weighted by Crippen LogP contribution is 2.40. The first-order valence-electron chi connectivity index (χ1n) is 11.7. The molecule has 1 fully saturated rings. The Bertz CT molecular complexity index is 1410. The molecule has 0 aliphatic carbocycles. The van der Waals surface area contributed by atoms with Crippen LogP contribution in [0.5, 0.6) is 5.75 Å². The van der Waals surface area contributed by atoms with Gasteiger partial charge in [0.1, 0.15) is 5.75 Å². The van der Waals surface area contributed by atoms with Gasteiger partial charge in [-0.3, -0.25) is 9.59 Å². The summed E-state index contributed by atoms with van der Waals surface area (Å²) in [5.74, 6) is 0.133. The molecule has 9 heteroatoms. The van der Waals surface area contributed by atoms with Crippen LogP contribution in [-0.2, 0) is 14.8 Å². The molecule has 0 bridgehead atoms. The van der Waals surface area contributed by atoms with Crippen molar-refractivity contribution in [2.45, 2.75) is 24.7 Å². The highest BCUT2D eigenvalue weighted by Gasteiger charge is 2.33. The Hall–Kier alpha value is -3.43. The molecule has 2 aliphatic rings. The smallest absolute Gasteiger partial charge is 0.258 e. The number of nitrogens with one attached hydrogen (secondary N) is 1. The lowest BCUT2D eigenvalue weighted by atomic mass is 9.96. The van der Waals surface area contributed by atoms with Crippen LogP contribution in [-0.4, -0.2) is 51.3 Å². The predicted molar refractivity (Wildman–Crippen MR) is 134 cm³/mol. The van der Waals surface area contributed by atoms with Crippen LogP contribution in [0.15, 0.2) is 59.5 Å². The zero-order valence-corrected chi connectivity index (χ0v) is 20.5. The van der Waals surface area contributed by atoms with E-state index < -0.39 is 10.0 Å². The van der Waals surface area contributed by atoms with Gasteiger partial charge in [0.2, 0.25) is 15.9 Å². The average Bonchev–Trinajstić information content (AvgIpc) is 3.17. The van der Waals surface area contributed by atoms with Gasteiger partial charge in [0.15, 0.2) is 0 Å². The summed E-state index contributed by atoms with van der Waals surface area (Å²) in [6, 6.07) is 15.6. The Balaban J connectivity index is 1.30. The summed E-state index contributed by atoms with van der Waals surface area (Å²) in [5, 5.41) is 4.72. The van der Waals surface area contributed by atoms with Gasteiger partial charge in [0, 0.05) is 47.6 Å². The lowest BCUT2D eigenvalue weighted by Crippen LogP contribution is -2.41. The highest BCUT2D eigenvalue weighted by atomic mass is 32.2. The largest absolute Gasteiger partial charge is 0.497 e. The summed E-state index contributed by atoms with van der Waals surface area (Å²) >= 11 is 0. The standard InChI is InChI=1S/C26H27N3O5S/c1-3-29-23-12-11-22(20-5-4-6-21(24(20)23)26(29)31)27-25(30)17-13-15-28(16-14-17)35(32,33)19-9-7-18(34-2)8-10-19/h4-12,17H,3,13-16H2,1-2H3,(H,27,30). The molecule has 1 N–H and O–H groups in total. The summed E-state index contributed by atoms with van der Waals surface area (Å²) in [6.45, 7) is 3.06. The van der Waals surface area contributed by atoms with E-state index in [1.54, 1.807) is 17.0 Å². The maximum absolute atomic E-state index is 13.1. The molecule has 3 aromatic rings. The van der Waals surface area contributed by atoms with Crippen LogP contribution in [0.4, 0.5) is 11.4 Å². The number of piperidine rings is 1. The molecule has 8 nitrogen and oxygen atoms in total. The Morgan fingerprint density at radius 1 is 1.06 bits per heavy atom. The molecular formula is C26H27N3O5S. The number of sulfonamides is 1. The number of rotatable bonds is 6. The van der Waals surface area contributed by atoms with E-state index in [1.165, 1.54) is 23.5 Å². The second-order valence-electron chi connectivity index (χ2n) is 8.75. The fourth-order valence-electron chi connectivity index (χ4n) is 4.96. The van der Waals surface area contributed by atoms with E-state index >= 15 is 0 Å². The first kappa shape index (κ1) is 23.3. The predicted octanol–water partition coefficient (Wildman–Crippen LogP) is 3.87. The van der Waals surface area contributed by atoms with Crippen LogP contribution < -0.4 is 15.0 Å². The number of methoxy groups -OCH3 is 1. The minimum absolute atomic E-state index is 0.0259. The summed E-state index contributed by atoms with van der Waals surface area (Å²) in [5.41, 5.74) is 2.17. The molecule has 0 radical (unpaired) electrons.